The van der Waals surface area contributed by atoms with E-state index in [2.05, 4.69) is 35.8 Å². The first-order valence-electron chi connectivity index (χ1n) is 12.4. The molecule has 1 fully saturated rings. The van der Waals surface area contributed by atoms with Crippen molar-refractivity contribution in [2.24, 2.45) is 0 Å². The lowest BCUT2D eigenvalue weighted by Crippen LogP contribution is -2.46. The van der Waals surface area contributed by atoms with Crippen molar-refractivity contribution in [3.63, 3.8) is 0 Å². The van der Waals surface area contributed by atoms with E-state index in [9.17, 15) is 14.0 Å². The molecule has 2 N–H and O–H groups in total. The van der Waals surface area contributed by atoms with Gasteiger partial charge >= 0.3 is 0 Å². The van der Waals surface area contributed by atoms with E-state index in [4.69, 9.17) is 22.4 Å². The molecule has 6 rings (SSSR count). The van der Waals surface area contributed by atoms with Crippen molar-refractivity contribution in [3.8, 4) is 5.69 Å². The van der Waals surface area contributed by atoms with E-state index in [1.54, 1.807) is 9.80 Å². The standard InChI is InChI=1S/C27H26ClFN6O2/c1-2-22(36)33-11-9-19-23-20(35(32-19)17-7-5-16(6-8-17)15-3-4-15)10-12-34(21(23)14-33)27(37)18-13-31-26(28)24(29)25(18)30/h2,5-8,13,15,21H,1,3-4,9-12,14H2,(H2,30,31)/t21-/m0/s1. The molecular formula is C27H26ClFN6O2. The van der Waals surface area contributed by atoms with Gasteiger partial charge in [-0.1, -0.05) is 30.3 Å². The summed E-state index contributed by atoms with van der Waals surface area (Å²) in [6.07, 6.45) is 6.05. The molecule has 0 spiro atoms. The molecule has 0 unspecified atom stereocenters. The summed E-state index contributed by atoms with van der Waals surface area (Å²) < 4.78 is 16.4. The highest BCUT2D eigenvalue weighted by Crippen LogP contribution is 2.41. The van der Waals surface area contributed by atoms with E-state index < -0.39 is 17.8 Å². The van der Waals surface area contributed by atoms with Crippen LogP contribution in [0.25, 0.3) is 5.69 Å². The number of anilines is 1. The van der Waals surface area contributed by atoms with Crippen LogP contribution in [-0.2, 0) is 17.6 Å². The summed E-state index contributed by atoms with van der Waals surface area (Å²) >= 11 is 5.76. The van der Waals surface area contributed by atoms with Crippen molar-refractivity contribution in [2.45, 2.75) is 37.6 Å². The maximum atomic E-state index is 14.4. The van der Waals surface area contributed by atoms with Gasteiger partial charge in [-0.15, -0.1) is 0 Å². The SMILES string of the molecule is C=CC(=O)N1CCc2nn(-c3ccc(C4CC4)cc3)c3c2[C@H](C1)N(C(=O)c1cnc(Cl)c(F)c1N)CC3. The number of halogens is 2. The Bertz CT molecular complexity index is 1430. The molecule has 8 nitrogen and oxygen atoms in total. The predicted molar refractivity (Wildman–Crippen MR) is 137 cm³/mol. The summed E-state index contributed by atoms with van der Waals surface area (Å²) in [5, 5.41) is 4.58. The molecule has 4 heterocycles. The van der Waals surface area contributed by atoms with Crippen molar-refractivity contribution >= 4 is 29.1 Å². The zero-order valence-electron chi connectivity index (χ0n) is 20.2. The van der Waals surface area contributed by atoms with Crippen molar-refractivity contribution < 1.29 is 14.0 Å². The van der Waals surface area contributed by atoms with Crippen LogP contribution in [0, 0.1) is 5.82 Å². The van der Waals surface area contributed by atoms with Gasteiger partial charge in [-0.05, 0) is 42.5 Å². The van der Waals surface area contributed by atoms with E-state index in [0.717, 1.165) is 22.6 Å². The van der Waals surface area contributed by atoms with Crippen molar-refractivity contribution in [1.82, 2.24) is 24.6 Å². The molecule has 10 heteroatoms. The van der Waals surface area contributed by atoms with Gasteiger partial charge < -0.3 is 15.5 Å². The molecule has 2 amide bonds. The molecule has 190 valence electrons. The fourth-order valence-electron chi connectivity index (χ4n) is 5.49. The molecule has 1 aliphatic carbocycles. The van der Waals surface area contributed by atoms with Gasteiger partial charge in [-0.3, -0.25) is 9.59 Å². The number of amides is 2. The molecular weight excluding hydrogens is 495 g/mol. The summed E-state index contributed by atoms with van der Waals surface area (Å²) in [4.78, 5) is 33.4. The largest absolute Gasteiger partial charge is 0.396 e. The minimum absolute atomic E-state index is 0.0548. The minimum atomic E-state index is -0.919. The summed E-state index contributed by atoms with van der Waals surface area (Å²) in [5.74, 6) is -0.931. The number of nitrogens with zero attached hydrogens (tertiary/aromatic N) is 5. The molecule has 3 aliphatic rings. The van der Waals surface area contributed by atoms with Crippen molar-refractivity contribution in [1.29, 1.82) is 0 Å². The molecule has 1 atom stereocenters. The molecule has 3 aromatic rings. The molecule has 1 aromatic carbocycles. The number of hydrogen-bond donors (Lipinski definition) is 1. The van der Waals surface area contributed by atoms with Gasteiger partial charge in [0.2, 0.25) is 5.91 Å². The summed E-state index contributed by atoms with van der Waals surface area (Å²) in [6, 6.07) is 8.05. The lowest BCUT2D eigenvalue weighted by molar-refractivity contribution is -0.126. The fraction of sp³-hybridized carbons (Fsp3) is 0.333. The van der Waals surface area contributed by atoms with Crippen LogP contribution in [0.4, 0.5) is 10.1 Å². The zero-order chi connectivity index (χ0) is 25.8. The number of hydrogen-bond acceptors (Lipinski definition) is 5. The number of rotatable bonds is 4. The maximum absolute atomic E-state index is 14.4. The normalized spacial score (nSPS) is 18.8. The Kier molecular flexibility index (Phi) is 5.75. The Labute approximate surface area is 218 Å². The summed E-state index contributed by atoms with van der Waals surface area (Å²) in [6.45, 7) is 4.69. The number of nitrogen functional groups attached to an aromatic ring is 1. The number of pyridine rings is 1. The number of carbonyl (C=O) groups excluding carboxylic acids is 2. The molecule has 0 saturated heterocycles. The Morgan fingerprint density at radius 3 is 2.62 bits per heavy atom. The smallest absolute Gasteiger partial charge is 0.258 e. The Morgan fingerprint density at radius 2 is 1.92 bits per heavy atom. The quantitative estimate of drug-likeness (QED) is 0.416. The van der Waals surface area contributed by atoms with Crippen LogP contribution in [0.15, 0.2) is 43.1 Å². The van der Waals surface area contributed by atoms with Gasteiger partial charge in [-0.25, -0.2) is 14.1 Å². The molecule has 37 heavy (non-hydrogen) atoms. The molecule has 0 bridgehead atoms. The van der Waals surface area contributed by atoms with E-state index in [0.29, 0.717) is 31.8 Å². The van der Waals surface area contributed by atoms with Gasteiger partial charge in [0.25, 0.3) is 5.91 Å². The number of aromatic nitrogens is 3. The van der Waals surface area contributed by atoms with Gasteiger partial charge in [0, 0.05) is 44.2 Å². The van der Waals surface area contributed by atoms with Gasteiger partial charge in [0.15, 0.2) is 11.0 Å². The second-order valence-corrected chi connectivity index (χ2v) is 10.1. The van der Waals surface area contributed by atoms with Crippen LogP contribution < -0.4 is 5.73 Å². The number of carbonyl (C=O) groups is 2. The molecule has 0 radical (unpaired) electrons. The van der Waals surface area contributed by atoms with Crippen LogP contribution >= 0.6 is 11.6 Å². The van der Waals surface area contributed by atoms with Crippen LogP contribution in [-0.4, -0.2) is 56.0 Å². The third-order valence-corrected chi connectivity index (χ3v) is 7.85. The van der Waals surface area contributed by atoms with E-state index in [1.165, 1.54) is 30.7 Å². The minimum Gasteiger partial charge on any atom is -0.396 e. The Balaban J connectivity index is 1.42. The highest BCUT2D eigenvalue weighted by atomic mass is 35.5. The average Bonchev–Trinajstić information content (AvgIpc) is 3.72. The second kappa shape index (κ2) is 8.99. The molecule has 1 saturated carbocycles. The van der Waals surface area contributed by atoms with Crippen LogP contribution in [0.3, 0.4) is 0 Å². The number of nitrogens with two attached hydrogens (primary N) is 1. The third kappa shape index (κ3) is 3.98. The first-order chi connectivity index (χ1) is 17.9. The van der Waals surface area contributed by atoms with Gasteiger partial charge in [0.05, 0.1) is 34.4 Å². The highest BCUT2D eigenvalue weighted by molar-refractivity contribution is 6.30. The van der Waals surface area contributed by atoms with Crippen molar-refractivity contribution in [2.75, 3.05) is 25.4 Å². The average molecular weight is 521 g/mol. The van der Waals surface area contributed by atoms with E-state index in [1.807, 2.05) is 4.68 Å². The Morgan fingerprint density at radius 1 is 1.16 bits per heavy atom. The Hall–Kier alpha value is -3.72. The second-order valence-electron chi connectivity index (χ2n) is 9.78. The summed E-state index contributed by atoms with van der Waals surface area (Å²) in [5.41, 5.74) is 10.6. The van der Waals surface area contributed by atoms with Gasteiger partial charge in [-0.2, -0.15) is 5.10 Å². The predicted octanol–water partition coefficient (Wildman–Crippen LogP) is 3.83. The van der Waals surface area contributed by atoms with Crippen LogP contribution in [0.5, 0.6) is 0 Å². The highest BCUT2D eigenvalue weighted by Gasteiger charge is 2.40. The monoisotopic (exact) mass is 520 g/mol. The summed E-state index contributed by atoms with van der Waals surface area (Å²) in [7, 11) is 0. The number of benzene rings is 1. The van der Waals surface area contributed by atoms with Gasteiger partial charge in [0.1, 0.15) is 0 Å². The molecule has 2 aromatic heterocycles. The van der Waals surface area contributed by atoms with Crippen LogP contribution in [0.2, 0.25) is 5.15 Å². The topological polar surface area (TPSA) is 97.4 Å². The zero-order valence-corrected chi connectivity index (χ0v) is 20.9. The lowest BCUT2D eigenvalue weighted by Gasteiger charge is -2.38. The first kappa shape index (κ1) is 23.7. The van der Waals surface area contributed by atoms with Crippen LogP contribution in [0.1, 0.15) is 57.7 Å². The third-order valence-electron chi connectivity index (χ3n) is 7.59. The first-order valence-corrected chi connectivity index (χ1v) is 12.8. The van der Waals surface area contributed by atoms with Crippen molar-refractivity contribution in [3.05, 3.63) is 82.2 Å². The maximum Gasteiger partial charge on any atom is 0.258 e. The lowest BCUT2D eigenvalue weighted by atomic mass is 9.94. The van der Waals surface area contributed by atoms with E-state index in [-0.39, 0.29) is 28.9 Å². The molecule has 2 aliphatic heterocycles. The van der Waals surface area contributed by atoms with E-state index >= 15 is 0 Å². The fourth-order valence-corrected chi connectivity index (χ4v) is 5.64.